The number of hydrogen-bond donors (Lipinski definition) is 1. The summed E-state index contributed by atoms with van der Waals surface area (Å²) in [7, 11) is 0. The molecule has 1 saturated heterocycles. The molecule has 0 saturated carbocycles. The third kappa shape index (κ3) is 4.89. The highest BCUT2D eigenvalue weighted by Gasteiger charge is 2.29. The Kier molecular flexibility index (Phi) is 6.17. The van der Waals surface area contributed by atoms with Crippen LogP contribution in [0.2, 0.25) is 0 Å². The molecular formula is C17H18N4O4S2. The smallest absolute Gasteiger partial charge is 0.288 e. The summed E-state index contributed by atoms with van der Waals surface area (Å²) >= 11 is 2.13. The standard InChI is InChI=1S/C17H18N4O4S2/c1-10-4-3-5-12(8-10)15-19-20-16(25-15)27-11(2)14(23)18-6-7-21-13(22)9-26-17(21)24/h3-5,8,11H,6-7,9H2,1-2H3,(H,18,23)/t11-/m0/s1. The summed E-state index contributed by atoms with van der Waals surface area (Å²) in [6.45, 7) is 4.08. The van der Waals surface area contributed by atoms with Crippen molar-refractivity contribution in [2.24, 2.45) is 0 Å². The Balaban J connectivity index is 1.50. The third-order valence-electron chi connectivity index (χ3n) is 3.79. The van der Waals surface area contributed by atoms with Crippen LogP contribution in [0.5, 0.6) is 0 Å². The van der Waals surface area contributed by atoms with E-state index in [-0.39, 0.29) is 35.9 Å². The van der Waals surface area contributed by atoms with Crippen LogP contribution in [-0.2, 0) is 9.59 Å². The van der Waals surface area contributed by atoms with Crippen molar-refractivity contribution in [3.05, 3.63) is 29.8 Å². The van der Waals surface area contributed by atoms with Crippen molar-refractivity contribution in [2.75, 3.05) is 18.8 Å². The van der Waals surface area contributed by atoms with Crippen LogP contribution in [0, 0.1) is 6.92 Å². The van der Waals surface area contributed by atoms with Gasteiger partial charge in [0.15, 0.2) is 0 Å². The van der Waals surface area contributed by atoms with Crippen LogP contribution in [0.4, 0.5) is 4.79 Å². The molecule has 2 aromatic rings. The fourth-order valence-electron chi connectivity index (χ4n) is 2.39. The lowest BCUT2D eigenvalue weighted by molar-refractivity contribution is -0.125. The molecule has 1 fully saturated rings. The first-order chi connectivity index (χ1) is 12.9. The first-order valence-corrected chi connectivity index (χ1v) is 10.1. The molecule has 3 amide bonds. The van der Waals surface area contributed by atoms with Crippen molar-refractivity contribution in [1.82, 2.24) is 20.4 Å². The van der Waals surface area contributed by atoms with E-state index in [1.54, 1.807) is 6.92 Å². The molecule has 1 aromatic heterocycles. The fourth-order valence-corrected chi connectivity index (χ4v) is 3.85. The van der Waals surface area contributed by atoms with Crippen LogP contribution in [-0.4, -0.2) is 56.2 Å². The Hall–Kier alpha value is -2.33. The maximum absolute atomic E-state index is 12.2. The zero-order chi connectivity index (χ0) is 19.4. The van der Waals surface area contributed by atoms with Gasteiger partial charge in [-0.1, -0.05) is 41.2 Å². The first kappa shape index (κ1) is 19.4. The van der Waals surface area contributed by atoms with Crippen molar-refractivity contribution in [3.63, 3.8) is 0 Å². The minimum absolute atomic E-state index is 0.166. The van der Waals surface area contributed by atoms with Gasteiger partial charge in [-0.15, -0.1) is 10.2 Å². The SMILES string of the molecule is Cc1cccc(-c2nnc(S[C@@H](C)C(=O)NCCN3C(=O)CSC3=O)o2)c1. The lowest BCUT2D eigenvalue weighted by Crippen LogP contribution is -2.39. The molecule has 2 heterocycles. The Morgan fingerprint density at radius 3 is 2.93 bits per heavy atom. The topological polar surface area (TPSA) is 105 Å². The van der Waals surface area contributed by atoms with Gasteiger partial charge in [-0.25, -0.2) is 0 Å². The van der Waals surface area contributed by atoms with E-state index in [9.17, 15) is 14.4 Å². The molecule has 10 heteroatoms. The Bertz CT molecular complexity index is 854. The molecule has 142 valence electrons. The van der Waals surface area contributed by atoms with Gasteiger partial charge in [-0.3, -0.25) is 19.3 Å². The van der Waals surface area contributed by atoms with Crippen LogP contribution in [0.15, 0.2) is 33.9 Å². The number of hydrogen-bond acceptors (Lipinski definition) is 8. The van der Waals surface area contributed by atoms with Gasteiger partial charge in [0.2, 0.25) is 17.7 Å². The fraction of sp³-hybridized carbons (Fsp3) is 0.353. The van der Waals surface area contributed by atoms with Gasteiger partial charge in [-0.05, 0) is 26.0 Å². The highest BCUT2D eigenvalue weighted by molar-refractivity contribution is 8.14. The second kappa shape index (κ2) is 8.57. The Labute approximate surface area is 164 Å². The normalized spacial score (nSPS) is 15.3. The second-order valence-electron chi connectivity index (χ2n) is 5.89. The number of aryl methyl sites for hydroxylation is 1. The number of benzene rings is 1. The Morgan fingerprint density at radius 1 is 1.41 bits per heavy atom. The van der Waals surface area contributed by atoms with Gasteiger partial charge in [0, 0.05) is 18.7 Å². The summed E-state index contributed by atoms with van der Waals surface area (Å²) in [6, 6.07) is 7.71. The van der Waals surface area contributed by atoms with E-state index < -0.39 is 5.25 Å². The monoisotopic (exact) mass is 406 g/mol. The number of amides is 3. The number of carbonyl (C=O) groups is 3. The number of nitrogens with zero attached hydrogens (tertiary/aromatic N) is 3. The molecule has 3 rings (SSSR count). The van der Waals surface area contributed by atoms with Crippen LogP contribution < -0.4 is 5.32 Å². The van der Waals surface area contributed by atoms with Crippen molar-refractivity contribution < 1.29 is 18.8 Å². The molecule has 1 aliphatic rings. The van der Waals surface area contributed by atoms with Gasteiger partial charge in [0.25, 0.3) is 10.5 Å². The summed E-state index contributed by atoms with van der Waals surface area (Å²) in [4.78, 5) is 36.4. The van der Waals surface area contributed by atoms with Crippen LogP contribution in [0.1, 0.15) is 12.5 Å². The van der Waals surface area contributed by atoms with Gasteiger partial charge < -0.3 is 9.73 Å². The zero-order valence-electron chi connectivity index (χ0n) is 14.8. The number of thioether (sulfide) groups is 2. The molecule has 0 spiro atoms. The predicted octanol–water partition coefficient (Wildman–Crippen LogP) is 2.34. The summed E-state index contributed by atoms with van der Waals surface area (Å²) < 4.78 is 5.62. The van der Waals surface area contributed by atoms with Crippen molar-refractivity contribution in [2.45, 2.75) is 24.3 Å². The van der Waals surface area contributed by atoms with Gasteiger partial charge in [0.1, 0.15) is 0 Å². The summed E-state index contributed by atoms with van der Waals surface area (Å²) in [6.07, 6.45) is 0. The maximum Gasteiger partial charge on any atom is 0.288 e. The lowest BCUT2D eigenvalue weighted by Gasteiger charge is -2.14. The van der Waals surface area contributed by atoms with Crippen molar-refractivity contribution in [3.8, 4) is 11.5 Å². The number of aromatic nitrogens is 2. The van der Waals surface area contributed by atoms with Gasteiger partial charge in [-0.2, -0.15) is 0 Å². The van der Waals surface area contributed by atoms with E-state index in [1.165, 1.54) is 0 Å². The van der Waals surface area contributed by atoms with Gasteiger partial charge in [0.05, 0.1) is 11.0 Å². The number of rotatable bonds is 7. The van der Waals surface area contributed by atoms with E-state index in [0.29, 0.717) is 11.1 Å². The first-order valence-electron chi connectivity index (χ1n) is 8.26. The largest absolute Gasteiger partial charge is 0.411 e. The van der Waals surface area contributed by atoms with Crippen LogP contribution >= 0.6 is 23.5 Å². The molecule has 1 aliphatic heterocycles. The van der Waals surface area contributed by atoms with E-state index >= 15 is 0 Å². The molecule has 0 radical (unpaired) electrons. The molecule has 1 atom stereocenters. The van der Waals surface area contributed by atoms with Crippen LogP contribution in [0.25, 0.3) is 11.5 Å². The van der Waals surface area contributed by atoms with E-state index in [1.807, 2.05) is 31.2 Å². The molecule has 0 unspecified atom stereocenters. The van der Waals surface area contributed by atoms with Crippen molar-refractivity contribution >= 4 is 40.6 Å². The molecule has 1 N–H and O–H groups in total. The van der Waals surface area contributed by atoms with E-state index in [0.717, 1.165) is 39.6 Å². The molecule has 0 aliphatic carbocycles. The second-order valence-corrected chi connectivity index (χ2v) is 8.11. The average molecular weight is 406 g/mol. The molecule has 0 bridgehead atoms. The summed E-state index contributed by atoms with van der Waals surface area (Å²) in [5, 5.41) is 10.3. The van der Waals surface area contributed by atoms with E-state index in [4.69, 9.17) is 4.42 Å². The highest BCUT2D eigenvalue weighted by atomic mass is 32.2. The lowest BCUT2D eigenvalue weighted by atomic mass is 10.1. The maximum atomic E-state index is 12.2. The zero-order valence-corrected chi connectivity index (χ0v) is 16.4. The summed E-state index contributed by atoms with van der Waals surface area (Å²) in [5.74, 6) is 0.107. The van der Waals surface area contributed by atoms with Crippen molar-refractivity contribution in [1.29, 1.82) is 0 Å². The molecule has 8 nitrogen and oxygen atoms in total. The predicted molar refractivity (Wildman–Crippen MR) is 102 cm³/mol. The highest BCUT2D eigenvalue weighted by Crippen LogP contribution is 2.26. The quantitative estimate of drug-likeness (QED) is 0.699. The van der Waals surface area contributed by atoms with E-state index in [2.05, 4.69) is 15.5 Å². The Morgan fingerprint density at radius 2 is 2.22 bits per heavy atom. The summed E-state index contributed by atoms with van der Waals surface area (Å²) in [5.41, 5.74) is 1.91. The average Bonchev–Trinajstić information content (AvgIpc) is 3.23. The van der Waals surface area contributed by atoms with Gasteiger partial charge >= 0.3 is 0 Å². The minimum atomic E-state index is -0.463. The number of nitrogens with one attached hydrogen (secondary N) is 1. The number of carbonyl (C=O) groups excluding carboxylic acids is 3. The molecule has 1 aromatic carbocycles. The third-order valence-corrected chi connectivity index (χ3v) is 5.59. The molecule has 27 heavy (non-hydrogen) atoms. The number of imide groups is 1. The molecular weight excluding hydrogens is 388 g/mol. The van der Waals surface area contributed by atoms with Crippen LogP contribution in [0.3, 0.4) is 0 Å². The minimum Gasteiger partial charge on any atom is -0.411 e.